The summed E-state index contributed by atoms with van der Waals surface area (Å²) in [5, 5.41) is 0. The minimum atomic E-state index is -0.795. The van der Waals surface area contributed by atoms with Crippen molar-refractivity contribution >= 4 is 17.7 Å². The monoisotopic (exact) mass is 269 g/mol. The van der Waals surface area contributed by atoms with E-state index in [1.807, 2.05) is 13.8 Å². The zero-order valence-electron chi connectivity index (χ0n) is 11.8. The Hall–Kier alpha value is -1.59. The lowest BCUT2D eigenvalue weighted by Crippen LogP contribution is -2.48. The smallest absolute Gasteiger partial charge is 0.240 e. The molecule has 1 rings (SSSR count). The second-order valence-corrected chi connectivity index (χ2v) is 6.00. The number of rotatable bonds is 6. The van der Waals surface area contributed by atoms with E-state index >= 15 is 0 Å². The van der Waals surface area contributed by atoms with Gasteiger partial charge in [-0.1, -0.05) is 20.8 Å². The minimum absolute atomic E-state index is 0.00942. The van der Waals surface area contributed by atoms with Gasteiger partial charge in [0.25, 0.3) is 0 Å². The van der Waals surface area contributed by atoms with Crippen molar-refractivity contribution in [1.82, 2.24) is 4.90 Å². The molecule has 0 spiro atoms. The Morgan fingerprint density at radius 2 is 1.95 bits per heavy atom. The van der Waals surface area contributed by atoms with E-state index in [1.54, 1.807) is 6.92 Å². The molecule has 0 aliphatic carbocycles. The van der Waals surface area contributed by atoms with Crippen molar-refractivity contribution in [2.24, 2.45) is 22.8 Å². The van der Waals surface area contributed by atoms with E-state index in [4.69, 9.17) is 11.5 Å². The van der Waals surface area contributed by atoms with E-state index < -0.39 is 23.3 Å². The molecule has 108 valence electrons. The van der Waals surface area contributed by atoms with Crippen LogP contribution in [0, 0.1) is 11.3 Å². The maximum absolute atomic E-state index is 12.4. The Morgan fingerprint density at radius 3 is 2.37 bits per heavy atom. The second-order valence-electron chi connectivity index (χ2n) is 6.00. The van der Waals surface area contributed by atoms with Gasteiger partial charge in [0.15, 0.2) is 0 Å². The molecular weight excluding hydrogens is 246 g/mol. The fourth-order valence-electron chi connectivity index (χ4n) is 2.61. The molecule has 2 atom stereocenters. The number of hydrogen-bond donors (Lipinski definition) is 2. The average Bonchev–Trinajstić information content (AvgIpc) is 2.51. The second kappa shape index (κ2) is 5.59. The summed E-state index contributed by atoms with van der Waals surface area (Å²) >= 11 is 0. The van der Waals surface area contributed by atoms with Gasteiger partial charge in [-0.05, 0) is 18.8 Å². The van der Waals surface area contributed by atoms with Crippen molar-refractivity contribution in [3.05, 3.63) is 0 Å². The fraction of sp³-hybridized carbons (Fsp3) is 0.769. The van der Waals surface area contributed by atoms with Crippen LogP contribution in [0.15, 0.2) is 0 Å². The van der Waals surface area contributed by atoms with E-state index in [0.29, 0.717) is 19.4 Å². The van der Waals surface area contributed by atoms with Crippen molar-refractivity contribution in [2.75, 3.05) is 6.54 Å². The number of primary amides is 2. The van der Waals surface area contributed by atoms with Crippen LogP contribution in [0.4, 0.5) is 0 Å². The van der Waals surface area contributed by atoms with E-state index in [-0.39, 0.29) is 18.2 Å². The number of nitrogens with two attached hydrogens (primary N) is 2. The van der Waals surface area contributed by atoms with Gasteiger partial charge in [-0.25, -0.2) is 0 Å². The minimum Gasteiger partial charge on any atom is -0.370 e. The van der Waals surface area contributed by atoms with Crippen molar-refractivity contribution in [3.63, 3.8) is 0 Å². The first kappa shape index (κ1) is 15.5. The number of carbonyl (C=O) groups is 3. The van der Waals surface area contributed by atoms with E-state index in [2.05, 4.69) is 0 Å². The number of likely N-dealkylation sites (tertiary alicyclic amines) is 1. The van der Waals surface area contributed by atoms with Gasteiger partial charge in [0.2, 0.25) is 17.7 Å². The summed E-state index contributed by atoms with van der Waals surface area (Å²) in [6.45, 7) is 6.11. The molecule has 0 aromatic rings. The lowest BCUT2D eigenvalue weighted by atomic mass is 9.85. The highest BCUT2D eigenvalue weighted by atomic mass is 16.2. The van der Waals surface area contributed by atoms with Crippen molar-refractivity contribution in [2.45, 2.75) is 46.1 Å². The maximum atomic E-state index is 12.4. The van der Waals surface area contributed by atoms with Crippen molar-refractivity contribution < 1.29 is 14.4 Å². The highest BCUT2D eigenvalue weighted by molar-refractivity contribution is 5.93. The molecule has 1 fully saturated rings. The first-order chi connectivity index (χ1) is 8.67. The van der Waals surface area contributed by atoms with Gasteiger partial charge in [0.05, 0.1) is 5.41 Å². The van der Waals surface area contributed by atoms with Crippen LogP contribution in [0.2, 0.25) is 0 Å². The average molecular weight is 269 g/mol. The first-order valence-electron chi connectivity index (χ1n) is 6.56. The van der Waals surface area contributed by atoms with Crippen LogP contribution in [0.25, 0.3) is 0 Å². The third kappa shape index (κ3) is 3.45. The zero-order chi connectivity index (χ0) is 14.8. The predicted molar refractivity (Wildman–Crippen MR) is 70.7 cm³/mol. The van der Waals surface area contributed by atoms with Gasteiger partial charge in [-0.15, -0.1) is 0 Å². The predicted octanol–water partition coefficient (Wildman–Crippen LogP) is 0.000400. The molecule has 1 saturated heterocycles. The van der Waals surface area contributed by atoms with Crippen LogP contribution in [0.5, 0.6) is 0 Å². The summed E-state index contributed by atoms with van der Waals surface area (Å²) in [5.41, 5.74) is 9.78. The van der Waals surface area contributed by atoms with Crippen LogP contribution in [-0.4, -0.2) is 35.2 Å². The molecular formula is C13H23N3O3. The summed E-state index contributed by atoms with van der Waals surface area (Å²) in [5.74, 6) is -0.938. The molecule has 3 amide bonds. The van der Waals surface area contributed by atoms with Crippen LogP contribution in [0.3, 0.4) is 0 Å². The molecule has 0 radical (unpaired) electrons. The molecule has 0 aromatic carbocycles. The van der Waals surface area contributed by atoms with Crippen LogP contribution in [0.1, 0.15) is 40.0 Å². The van der Waals surface area contributed by atoms with Crippen molar-refractivity contribution in [1.29, 1.82) is 0 Å². The van der Waals surface area contributed by atoms with Gasteiger partial charge < -0.3 is 16.4 Å². The highest BCUT2D eigenvalue weighted by Crippen LogP contribution is 2.36. The molecule has 1 aliphatic rings. The van der Waals surface area contributed by atoms with Gasteiger partial charge in [-0.3, -0.25) is 14.4 Å². The third-order valence-corrected chi connectivity index (χ3v) is 3.65. The largest absolute Gasteiger partial charge is 0.370 e. The van der Waals surface area contributed by atoms with Gasteiger partial charge >= 0.3 is 0 Å². The molecule has 1 heterocycles. The maximum Gasteiger partial charge on any atom is 0.240 e. The molecule has 1 aliphatic heterocycles. The number of nitrogens with zero attached hydrogens (tertiary/aromatic N) is 1. The quantitative estimate of drug-likeness (QED) is 0.708. The van der Waals surface area contributed by atoms with Gasteiger partial charge in [0, 0.05) is 13.0 Å². The summed E-state index contributed by atoms with van der Waals surface area (Å²) in [4.78, 5) is 36.5. The van der Waals surface area contributed by atoms with Gasteiger partial charge in [-0.2, -0.15) is 0 Å². The standard InChI is InChI=1S/C13H23N3O3/c1-8(2)6-9(11(15)18)16-5-4-13(3,12(16)19)7-10(14)17/h8-9H,4-7H2,1-3H3,(H2,14,17)(H2,15,18). The molecule has 6 nitrogen and oxygen atoms in total. The van der Waals surface area contributed by atoms with E-state index in [1.165, 1.54) is 4.90 Å². The van der Waals surface area contributed by atoms with Crippen molar-refractivity contribution in [3.8, 4) is 0 Å². The van der Waals surface area contributed by atoms with Crippen LogP contribution in [-0.2, 0) is 14.4 Å². The molecule has 0 aromatic heterocycles. The summed E-state index contributed by atoms with van der Waals surface area (Å²) in [6.07, 6.45) is 1.07. The third-order valence-electron chi connectivity index (χ3n) is 3.65. The Balaban J connectivity index is 2.88. The molecule has 0 saturated carbocycles. The summed E-state index contributed by atoms with van der Waals surface area (Å²) in [7, 11) is 0. The lowest BCUT2D eigenvalue weighted by Gasteiger charge is -2.28. The van der Waals surface area contributed by atoms with Crippen LogP contribution >= 0.6 is 0 Å². The zero-order valence-corrected chi connectivity index (χ0v) is 11.8. The fourth-order valence-corrected chi connectivity index (χ4v) is 2.61. The van der Waals surface area contributed by atoms with E-state index in [9.17, 15) is 14.4 Å². The molecule has 4 N–H and O–H groups in total. The molecule has 2 unspecified atom stereocenters. The number of carbonyl (C=O) groups excluding carboxylic acids is 3. The van der Waals surface area contributed by atoms with E-state index in [0.717, 1.165) is 0 Å². The summed E-state index contributed by atoms with van der Waals surface area (Å²) < 4.78 is 0. The molecule has 6 heteroatoms. The Kier molecular flexibility index (Phi) is 4.55. The Morgan fingerprint density at radius 1 is 1.37 bits per heavy atom. The topological polar surface area (TPSA) is 106 Å². The Bertz CT molecular complexity index is 395. The van der Waals surface area contributed by atoms with Crippen LogP contribution < -0.4 is 11.5 Å². The first-order valence-corrected chi connectivity index (χ1v) is 6.56. The molecule has 0 bridgehead atoms. The Labute approximate surface area is 113 Å². The number of amides is 3. The molecule has 19 heavy (non-hydrogen) atoms. The highest BCUT2D eigenvalue weighted by Gasteiger charge is 2.47. The normalized spacial score (nSPS) is 24.8. The lowest BCUT2D eigenvalue weighted by molar-refractivity contribution is -0.143. The summed E-state index contributed by atoms with van der Waals surface area (Å²) in [6, 6.07) is -0.595. The number of hydrogen-bond acceptors (Lipinski definition) is 3. The SMILES string of the molecule is CC(C)CC(C(N)=O)N1CCC(C)(CC(N)=O)C1=O. The van der Waals surface area contributed by atoms with Gasteiger partial charge in [0.1, 0.15) is 6.04 Å².